The topological polar surface area (TPSA) is 67.8 Å². The van der Waals surface area contributed by atoms with E-state index in [1.807, 2.05) is 13.8 Å². The highest BCUT2D eigenvalue weighted by atomic mass is 32.2. The summed E-state index contributed by atoms with van der Waals surface area (Å²) >= 11 is 1.51. The zero-order chi connectivity index (χ0) is 12.1. The Bertz CT molecular complexity index is 408. The van der Waals surface area contributed by atoms with Crippen LogP contribution in [0.1, 0.15) is 39.7 Å². The van der Waals surface area contributed by atoms with Gasteiger partial charge in [0.05, 0.1) is 0 Å². The second-order valence-electron chi connectivity index (χ2n) is 3.93. The van der Waals surface area contributed by atoms with Crippen molar-refractivity contribution in [1.82, 2.24) is 14.8 Å². The van der Waals surface area contributed by atoms with Crippen LogP contribution in [0, 0.1) is 0 Å². The second kappa shape index (κ2) is 5.89. The second-order valence-corrected chi connectivity index (χ2v) is 4.99. The molecule has 0 atom stereocenters. The van der Waals surface area contributed by atoms with E-state index in [-0.39, 0.29) is 17.5 Å². The van der Waals surface area contributed by atoms with Gasteiger partial charge in [-0.25, -0.2) is 9.89 Å². The van der Waals surface area contributed by atoms with Crippen LogP contribution in [0.15, 0.2) is 9.95 Å². The van der Waals surface area contributed by atoms with Gasteiger partial charge in [0.25, 0.3) is 0 Å². The molecule has 1 rings (SSSR count). The van der Waals surface area contributed by atoms with Crippen molar-refractivity contribution in [3.8, 4) is 0 Å². The van der Waals surface area contributed by atoms with Crippen LogP contribution in [0.4, 0.5) is 0 Å². The highest BCUT2D eigenvalue weighted by Gasteiger charge is 2.11. The van der Waals surface area contributed by atoms with Gasteiger partial charge in [-0.15, -0.1) is 5.10 Å². The SMILES string of the molecule is CC(=O)CCCSc1n[nH]c(=O)n1C(C)C. The van der Waals surface area contributed by atoms with Gasteiger partial charge in [-0.05, 0) is 27.2 Å². The minimum atomic E-state index is -0.177. The lowest BCUT2D eigenvalue weighted by Gasteiger charge is -2.07. The molecule has 0 fully saturated rings. The first-order valence-electron chi connectivity index (χ1n) is 5.31. The first-order chi connectivity index (χ1) is 7.52. The average Bonchev–Trinajstić information content (AvgIpc) is 2.54. The molecule has 16 heavy (non-hydrogen) atoms. The summed E-state index contributed by atoms with van der Waals surface area (Å²) in [5, 5.41) is 7.09. The Kier molecular flexibility index (Phi) is 4.79. The van der Waals surface area contributed by atoms with Crippen LogP contribution in [0.5, 0.6) is 0 Å². The summed E-state index contributed by atoms with van der Waals surface area (Å²) in [6, 6.07) is 0.0987. The summed E-state index contributed by atoms with van der Waals surface area (Å²) < 4.78 is 1.62. The van der Waals surface area contributed by atoms with Gasteiger partial charge < -0.3 is 4.79 Å². The summed E-state index contributed by atoms with van der Waals surface area (Å²) in [4.78, 5) is 22.1. The molecule has 0 bridgehead atoms. The summed E-state index contributed by atoms with van der Waals surface area (Å²) in [5.74, 6) is 1.00. The van der Waals surface area contributed by atoms with Gasteiger partial charge >= 0.3 is 5.69 Å². The average molecular weight is 243 g/mol. The monoisotopic (exact) mass is 243 g/mol. The molecule has 5 nitrogen and oxygen atoms in total. The lowest BCUT2D eigenvalue weighted by Crippen LogP contribution is -2.19. The Morgan fingerprint density at radius 3 is 2.81 bits per heavy atom. The molecule has 0 radical (unpaired) electrons. The van der Waals surface area contributed by atoms with Gasteiger partial charge in [-0.2, -0.15) is 0 Å². The Labute approximate surface area is 98.6 Å². The lowest BCUT2D eigenvalue weighted by atomic mass is 10.3. The summed E-state index contributed by atoms with van der Waals surface area (Å²) in [6.45, 7) is 5.47. The molecule has 6 heteroatoms. The third-order valence-electron chi connectivity index (χ3n) is 2.09. The third-order valence-corrected chi connectivity index (χ3v) is 3.13. The van der Waals surface area contributed by atoms with E-state index >= 15 is 0 Å². The Hall–Kier alpha value is -1.04. The number of aromatic nitrogens is 3. The van der Waals surface area contributed by atoms with Gasteiger partial charge in [-0.1, -0.05) is 11.8 Å². The fourth-order valence-corrected chi connectivity index (χ4v) is 2.35. The van der Waals surface area contributed by atoms with Crippen LogP contribution in [0.3, 0.4) is 0 Å². The first kappa shape index (κ1) is 13.0. The third kappa shape index (κ3) is 3.52. The maximum Gasteiger partial charge on any atom is 0.344 e. The molecule has 1 heterocycles. The number of nitrogens with one attached hydrogen (secondary N) is 1. The predicted octanol–water partition coefficient (Wildman–Crippen LogP) is 1.61. The quantitative estimate of drug-likeness (QED) is 0.609. The first-order valence-corrected chi connectivity index (χ1v) is 6.30. The number of ketones is 1. The molecular weight excluding hydrogens is 226 g/mol. The van der Waals surface area contributed by atoms with Crippen molar-refractivity contribution < 1.29 is 4.79 Å². The number of nitrogens with zero attached hydrogens (tertiary/aromatic N) is 2. The van der Waals surface area contributed by atoms with Gasteiger partial charge in [0.1, 0.15) is 5.78 Å². The zero-order valence-corrected chi connectivity index (χ0v) is 10.6. The number of carbonyl (C=O) groups is 1. The van der Waals surface area contributed by atoms with Gasteiger partial charge in [0.2, 0.25) is 0 Å². The molecule has 1 aromatic heterocycles. The van der Waals surface area contributed by atoms with E-state index < -0.39 is 0 Å². The molecule has 0 aliphatic heterocycles. The van der Waals surface area contributed by atoms with E-state index in [4.69, 9.17) is 0 Å². The number of Topliss-reactive ketones (excluding diaryl/α,β-unsaturated/α-hetero) is 1. The molecule has 0 saturated heterocycles. The van der Waals surface area contributed by atoms with Crippen molar-refractivity contribution in [2.24, 2.45) is 0 Å². The van der Waals surface area contributed by atoms with Gasteiger partial charge in [-0.3, -0.25) is 4.57 Å². The largest absolute Gasteiger partial charge is 0.344 e. The van der Waals surface area contributed by atoms with Crippen LogP contribution in [-0.4, -0.2) is 26.3 Å². The minimum Gasteiger partial charge on any atom is -0.300 e. The van der Waals surface area contributed by atoms with Crippen molar-refractivity contribution in [2.75, 3.05) is 5.75 Å². The maximum absolute atomic E-state index is 11.4. The molecule has 90 valence electrons. The van der Waals surface area contributed by atoms with Crippen molar-refractivity contribution in [1.29, 1.82) is 0 Å². The molecule has 0 unspecified atom stereocenters. The lowest BCUT2D eigenvalue weighted by molar-refractivity contribution is -0.117. The van der Waals surface area contributed by atoms with E-state index in [9.17, 15) is 9.59 Å². The molecular formula is C10H17N3O2S. The smallest absolute Gasteiger partial charge is 0.300 e. The molecule has 0 saturated carbocycles. The Morgan fingerprint density at radius 1 is 1.56 bits per heavy atom. The summed E-state index contributed by atoms with van der Waals surface area (Å²) in [6.07, 6.45) is 1.41. The van der Waals surface area contributed by atoms with Crippen LogP contribution < -0.4 is 5.69 Å². The van der Waals surface area contributed by atoms with E-state index in [0.29, 0.717) is 11.6 Å². The number of hydrogen-bond donors (Lipinski definition) is 1. The molecule has 1 aromatic rings. The van der Waals surface area contributed by atoms with E-state index in [2.05, 4.69) is 10.2 Å². The normalized spacial score (nSPS) is 11.0. The Morgan fingerprint density at radius 2 is 2.25 bits per heavy atom. The van der Waals surface area contributed by atoms with E-state index in [1.165, 1.54) is 11.8 Å². The molecule has 0 aliphatic carbocycles. The summed E-state index contributed by atoms with van der Waals surface area (Å²) in [5.41, 5.74) is -0.177. The van der Waals surface area contributed by atoms with Crippen LogP contribution in [0.25, 0.3) is 0 Å². The van der Waals surface area contributed by atoms with Crippen molar-refractivity contribution in [3.63, 3.8) is 0 Å². The van der Waals surface area contributed by atoms with Crippen molar-refractivity contribution in [2.45, 2.75) is 44.8 Å². The van der Waals surface area contributed by atoms with Gasteiger partial charge in [0.15, 0.2) is 5.16 Å². The number of thioether (sulfide) groups is 1. The number of rotatable bonds is 6. The van der Waals surface area contributed by atoms with Crippen LogP contribution in [0.2, 0.25) is 0 Å². The standard InChI is InChI=1S/C10H17N3O2S/c1-7(2)13-9(15)11-12-10(13)16-6-4-5-8(3)14/h7H,4-6H2,1-3H3,(H,11,15). The fourth-order valence-electron chi connectivity index (χ4n) is 1.33. The summed E-state index contributed by atoms with van der Waals surface area (Å²) in [7, 11) is 0. The van der Waals surface area contributed by atoms with Crippen LogP contribution in [-0.2, 0) is 4.79 Å². The highest BCUT2D eigenvalue weighted by molar-refractivity contribution is 7.99. The highest BCUT2D eigenvalue weighted by Crippen LogP contribution is 2.18. The fraction of sp³-hybridized carbons (Fsp3) is 0.700. The molecule has 0 spiro atoms. The van der Waals surface area contributed by atoms with Crippen molar-refractivity contribution >= 4 is 17.5 Å². The number of hydrogen-bond acceptors (Lipinski definition) is 4. The van der Waals surface area contributed by atoms with Gasteiger partial charge in [0, 0.05) is 18.2 Å². The number of carbonyl (C=O) groups excluding carboxylic acids is 1. The minimum absolute atomic E-state index is 0.0987. The molecule has 0 amide bonds. The van der Waals surface area contributed by atoms with E-state index in [1.54, 1.807) is 11.5 Å². The van der Waals surface area contributed by atoms with Crippen molar-refractivity contribution in [3.05, 3.63) is 10.5 Å². The zero-order valence-electron chi connectivity index (χ0n) is 9.82. The maximum atomic E-state index is 11.4. The molecule has 1 N–H and O–H groups in total. The molecule has 0 aliphatic rings. The number of H-pyrrole nitrogens is 1. The van der Waals surface area contributed by atoms with Crippen LogP contribution >= 0.6 is 11.8 Å². The molecule has 0 aromatic carbocycles. The Balaban J connectivity index is 2.54. The predicted molar refractivity (Wildman–Crippen MR) is 63.9 cm³/mol. The number of aromatic amines is 1. The van der Waals surface area contributed by atoms with E-state index in [0.717, 1.165) is 12.2 Å².